The number of rotatable bonds is 11. The number of anilines is 2. The molecule has 0 unspecified atom stereocenters. The van der Waals surface area contributed by atoms with Crippen molar-refractivity contribution in [3.63, 3.8) is 0 Å². The van der Waals surface area contributed by atoms with Gasteiger partial charge in [0.25, 0.3) is 10.0 Å². The second-order valence-corrected chi connectivity index (χ2v) is 10.6. The van der Waals surface area contributed by atoms with Gasteiger partial charge < -0.3 is 14.8 Å². The monoisotopic (exact) mass is 524 g/mol. The third kappa shape index (κ3) is 8.32. The normalized spacial score (nSPS) is 11.5. The number of hydrogen-bond acceptors (Lipinski definition) is 7. The molecule has 0 saturated heterocycles. The minimum absolute atomic E-state index is 0.00630. The lowest BCUT2D eigenvalue weighted by atomic mass is 10.1. The van der Waals surface area contributed by atoms with Gasteiger partial charge in [-0.25, -0.2) is 23.1 Å². The molecular formula is C27H32N4O5S. The molecule has 0 aliphatic rings. The van der Waals surface area contributed by atoms with E-state index in [2.05, 4.69) is 33.9 Å². The summed E-state index contributed by atoms with van der Waals surface area (Å²) in [5, 5.41) is 2.71. The maximum Gasteiger partial charge on any atom is 0.264 e. The van der Waals surface area contributed by atoms with Crippen LogP contribution in [0.15, 0.2) is 59.5 Å². The highest BCUT2D eigenvalue weighted by Crippen LogP contribution is 2.29. The largest absolute Gasteiger partial charge is 0.493 e. The molecule has 3 rings (SSSR count). The number of ether oxygens (including phenoxy) is 2. The number of sulfonamides is 1. The molecular weight excluding hydrogens is 492 g/mol. The van der Waals surface area contributed by atoms with Crippen LogP contribution in [0.2, 0.25) is 0 Å². The van der Waals surface area contributed by atoms with Crippen molar-refractivity contribution in [2.45, 2.75) is 39.0 Å². The second kappa shape index (κ2) is 12.4. The standard InChI is InChI=1S/C27H32N4O5S/c1-18(2)14-15-36-24-12-6-21(17-25(24)35-5)7-13-26(32)30-22-8-10-23(11-9-22)37(33,34)31-27-28-19(3)16-20(4)29-27/h6-13,16-18H,14-15H2,1-5H3,(H,30,32)(H,28,29,31)/b13-7+. The average molecular weight is 525 g/mol. The predicted octanol–water partition coefficient (Wildman–Crippen LogP) is 4.98. The smallest absolute Gasteiger partial charge is 0.264 e. The summed E-state index contributed by atoms with van der Waals surface area (Å²) in [5.41, 5.74) is 2.52. The molecule has 1 amide bonds. The lowest BCUT2D eigenvalue weighted by Crippen LogP contribution is -2.16. The number of nitrogens with one attached hydrogen (secondary N) is 2. The van der Waals surface area contributed by atoms with Gasteiger partial charge in [-0.3, -0.25) is 4.79 Å². The second-order valence-electron chi connectivity index (χ2n) is 8.87. The summed E-state index contributed by atoms with van der Waals surface area (Å²) < 4.78 is 38.9. The number of hydrogen-bond donors (Lipinski definition) is 2. The molecule has 0 bridgehead atoms. The molecule has 0 atom stereocenters. The van der Waals surface area contributed by atoms with E-state index >= 15 is 0 Å². The Balaban J connectivity index is 1.61. The van der Waals surface area contributed by atoms with Crippen molar-refractivity contribution in [1.82, 2.24) is 9.97 Å². The maximum atomic E-state index is 12.7. The Morgan fingerprint density at radius 2 is 1.68 bits per heavy atom. The summed E-state index contributed by atoms with van der Waals surface area (Å²) in [7, 11) is -2.31. The highest BCUT2D eigenvalue weighted by molar-refractivity contribution is 7.92. The molecule has 0 fully saturated rings. The predicted molar refractivity (Wildman–Crippen MR) is 144 cm³/mol. The first kappa shape index (κ1) is 27.7. The zero-order valence-electron chi connectivity index (χ0n) is 21.6. The Bertz CT molecular complexity index is 1350. The van der Waals surface area contributed by atoms with E-state index in [1.807, 2.05) is 12.1 Å². The Kier molecular flexibility index (Phi) is 9.24. The summed E-state index contributed by atoms with van der Waals surface area (Å²) in [6, 6.07) is 13.0. The Labute approximate surface area is 218 Å². The van der Waals surface area contributed by atoms with Crippen molar-refractivity contribution in [3.8, 4) is 11.5 Å². The number of methoxy groups -OCH3 is 1. The summed E-state index contributed by atoms with van der Waals surface area (Å²) >= 11 is 0. The van der Waals surface area contributed by atoms with E-state index in [4.69, 9.17) is 9.47 Å². The minimum atomic E-state index is -3.88. The first-order valence-corrected chi connectivity index (χ1v) is 13.3. The molecule has 3 aromatic rings. The van der Waals surface area contributed by atoms with Crippen molar-refractivity contribution in [2.24, 2.45) is 5.92 Å². The number of carbonyl (C=O) groups excluding carboxylic acids is 1. The molecule has 9 nitrogen and oxygen atoms in total. The molecule has 37 heavy (non-hydrogen) atoms. The number of benzene rings is 2. The number of aromatic nitrogens is 2. The molecule has 0 aliphatic heterocycles. The van der Waals surface area contributed by atoms with E-state index in [9.17, 15) is 13.2 Å². The van der Waals surface area contributed by atoms with Crippen molar-refractivity contribution in [1.29, 1.82) is 0 Å². The van der Waals surface area contributed by atoms with Gasteiger partial charge in [0, 0.05) is 23.2 Å². The molecule has 2 N–H and O–H groups in total. The fourth-order valence-corrected chi connectivity index (χ4v) is 4.28. The van der Waals surface area contributed by atoms with Gasteiger partial charge in [-0.15, -0.1) is 0 Å². The summed E-state index contributed by atoms with van der Waals surface area (Å²) in [6.45, 7) is 8.38. The van der Waals surface area contributed by atoms with Crippen LogP contribution in [0.25, 0.3) is 6.08 Å². The molecule has 196 valence electrons. The quantitative estimate of drug-likeness (QED) is 0.340. The van der Waals surface area contributed by atoms with E-state index in [1.165, 1.54) is 30.3 Å². The van der Waals surface area contributed by atoms with Crippen LogP contribution in [0.3, 0.4) is 0 Å². The highest BCUT2D eigenvalue weighted by atomic mass is 32.2. The fourth-order valence-electron chi connectivity index (χ4n) is 3.34. The number of carbonyl (C=O) groups is 1. The van der Waals surface area contributed by atoms with E-state index in [0.29, 0.717) is 41.1 Å². The van der Waals surface area contributed by atoms with Crippen molar-refractivity contribution < 1.29 is 22.7 Å². The first-order chi connectivity index (χ1) is 17.6. The SMILES string of the molecule is COc1cc(/C=C/C(=O)Nc2ccc(S(=O)(=O)Nc3nc(C)cc(C)n3)cc2)ccc1OCCC(C)C. The minimum Gasteiger partial charge on any atom is -0.493 e. The van der Waals surface area contributed by atoms with E-state index in [0.717, 1.165) is 12.0 Å². The van der Waals surface area contributed by atoms with E-state index in [1.54, 1.807) is 39.2 Å². The van der Waals surface area contributed by atoms with Crippen LogP contribution in [0, 0.1) is 19.8 Å². The number of aryl methyl sites for hydroxylation is 2. The maximum absolute atomic E-state index is 12.7. The molecule has 1 aromatic heterocycles. The third-order valence-electron chi connectivity index (χ3n) is 5.21. The van der Waals surface area contributed by atoms with Gasteiger partial charge in [-0.1, -0.05) is 19.9 Å². The van der Waals surface area contributed by atoms with Gasteiger partial charge in [0.05, 0.1) is 18.6 Å². The summed E-state index contributed by atoms with van der Waals surface area (Å²) in [6.07, 6.45) is 3.98. The van der Waals surface area contributed by atoms with Crippen LogP contribution < -0.4 is 19.5 Å². The fraction of sp³-hybridized carbons (Fsp3) is 0.296. The van der Waals surface area contributed by atoms with Crippen LogP contribution in [0.5, 0.6) is 11.5 Å². The summed E-state index contributed by atoms with van der Waals surface area (Å²) in [4.78, 5) is 20.6. The van der Waals surface area contributed by atoms with Gasteiger partial charge in [-0.2, -0.15) is 0 Å². The van der Waals surface area contributed by atoms with Crippen LogP contribution in [-0.2, 0) is 14.8 Å². The molecule has 2 aromatic carbocycles. The lowest BCUT2D eigenvalue weighted by Gasteiger charge is -2.12. The Morgan fingerprint density at radius 1 is 1.00 bits per heavy atom. The van der Waals surface area contributed by atoms with Crippen molar-refractivity contribution in [3.05, 3.63) is 71.6 Å². The molecule has 0 aliphatic carbocycles. The van der Waals surface area contributed by atoms with Gasteiger partial charge in [0.1, 0.15) is 0 Å². The Morgan fingerprint density at radius 3 is 2.30 bits per heavy atom. The molecule has 10 heteroatoms. The number of nitrogens with zero attached hydrogens (tertiary/aromatic N) is 2. The van der Waals surface area contributed by atoms with E-state index < -0.39 is 10.0 Å². The van der Waals surface area contributed by atoms with Crippen molar-refractivity contribution in [2.75, 3.05) is 23.8 Å². The molecule has 1 heterocycles. The number of amides is 1. The van der Waals surface area contributed by atoms with Gasteiger partial charge in [-0.05, 0) is 80.3 Å². The van der Waals surface area contributed by atoms with Crippen LogP contribution >= 0.6 is 0 Å². The van der Waals surface area contributed by atoms with E-state index in [-0.39, 0.29) is 16.8 Å². The van der Waals surface area contributed by atoms with Crippen LogP contribution in [0.4, 0.5) is 11.6 Å². The van der Waals surface area contributed by atoms with Crippen molar-refractivity contribution >= 4 is 33.6 Å². The highest BCUT2D eigenvalue weighted by Gasteiger charge is 2.16. The molecule has 0 radical (unpaired) electrons. The molecule has 0 spiro atoms. The van der Waals surface area contributed by atoms with Gasteiger partial charge in [0.2, 0.25) is 11.9 Å². The van der Waals surface area contributed by atoms with Gasteiger partial charge >= 0.3 is 0 Å². The third-order valence-corrected chi connectivity index (χ3v) is 6.55. The first-order valence-electron chi connectivity index (χ1n) is 11.8. The topological polar surface area (TPSA) is 120 Å². The molecule has 0 saturated carbocycles. The van der Waals surface area contributed by atoms with Crippen LogP contribution in [-0.4, -0.2) is 38.0 Å². The zero-order valence-corrected chi connectivity index (χ0v) is 22.4. The van der Waals surface area contributed by atoms with Gasteiger partial charge in [0.15, 0.2) is 11.5 Å². The zero-order chi connectivity index (χ0) is 27.0. The Hall–Kier alpha value is -3.92. The lowest BCUT2D eigenvalue weighted by molar-refractivity contribution is -0.111. The van der Waals surface area contributed by atoms with Crippen LogP contribution in [0.1, 0.15) is 37.2 Å². The average Bonchev–Trinajstić information content (AvgIpc) is 2.82. The summed E-state index contributed by atoms with van der Waals surface area (Å²) in [5.74, 6) is 1.42.